The molecule has 1 atom stereocenters. The average Bonchev–Trinajstić information content (AvgIpc) is 2.96. The summed E-state index contributed by atoms with van der Waals surface area (Å²) in [6.45, 7) is 0. The normalized spacial score (nSPS) is 11.8. The number of aromatic nitrogens is 2. The van der Waals surface area contributed by atoms with Crippen LogP contribution >= 0.6 is 0 Å². The molecule has 7 heteroatoms. The number of fused-ring (bicyclic) bond motifs is 1. The van der Waals surface area contributed by atoms with Crippen LogP contribution in [0.2, 0.25) is 0 Å². The number of hydrogen-bond donors (Lipinski definition) is 4. The first-order chi connectivity index (χ1) is 11.6. The number of amides is 3. The van der Waals surface area contributed by atoms with Crippen molar-refractivity contribution in [1.82, 2.24) is 15.3 Å². The van der Waals surface area contributed by atoms with Crippen LogP contribution in [0.5, 0.6) is 0 Å². The summed E-state index contributed by atoms with van der Waals surface area (Å²) in [6, 6.07) is 15.5. The average molecular weight is 323 g/mol. The van der Waals surface area contributed by atoms with E-state index in [-0.39, 0.29) is 12.3 Å². The molecule has 0 aliphatic rings. The quantitative estimate of drug-likeness (QED) is 0.578. The minimum atomic E-state index is -0.680. The number of carbonyl (C=O) groups is 2. The zero-order valence-electron chi connectivity index (χ0n) is 12.8. The van der Waals surface area contributed by atoms with Crippen molar-refractivity contribution in [2.75, 3.05) is 5.32 Å². The van der Waals surface area contributed by atoms with E-state index >= 15 is 0 Å². The van der Waals surface area contributed by atoms with E-state index in [1.54, 1.807) is 0 Å². The molecule has 0 radical (unpaired) electrons. The Morgan fingerprint density at radius 2 is 1.79 bits per heavy atom. The molecule has 1 aromatic heterocycles. The van der Waals surface area contributed by atoms with Crippen molar-refractivity contribution >= 4 is 28.9 Å². The molecule has 0 saturated heterocycles. The second-order valence-corrected chi connectivity index (χ2v) is 5.33. The van der Waals surface area contributed by atoms with Crippen molar-refractivity contribution in [3.63, 3.8) is 0 Å². The highest BCUT2D eigenvalue weighted by molar-refractivity contribution is 5.91. The number of hydrogen-bond acceptors (Lipinski definition) is 3. The molecule has 122 valence electrons. The molecule has 0 aliphatic heterocycles. The minimum absolute atomic E-state index is 0.0456. The van der Waals surface area contributed by atoms with Crippen LogP contribution in [0.15, 0.2) is 54.6 Å². The smallest absolute Gasteiger partial charge is 0.312 e. The Morgan fingerprint density at radius 3 is 2.50 bits per heavy atom. The van der Waals surface area contributed by atoms with Gasteiger partial charge in [0.05, 0.1) is 23.5 Å². The molecule has 3 aromatic rings. The van der Waals surface area contributed by atoms with Crippen LogP contribution in [-0.4, -0.2) is 21.9 Å². The molecule has 0 unspecified atom stereocenters. The Balaban J connectivity index is 1.72. The molecule has 3 rings (SSSR count). The van der Waals surface area contributed by atoms with Gasteiger partial charge in [0.25, 0.3) is 0 Å². The van der Waals surface area contributed by atoms with Gasteiger partial charge in [0.1, 0.15) is 0 Å². The van der Waals surface area contributed by atoms with Crippen LogP contribution in [0.1, 0.15) is 18.0 Å². The van der Waals surface area contributed by atoms with E-state index in [2.05, 4.69) is 20.6 Å². The number of primary amides is 1. The van der Waals surface area contributed by atoms with Gasteiger partial charge in [0.15, 0.2) is 0 Å². The largest absolute Gasteiger partial charge is 0.352 e. The van der Waals surface area contributed by atoms with E-state index in [0.29, 0.717) is 5.95 Å². The van der Waals surface area contributed by atoms with Gasteiger partial charge in [-0.05, 0) is 17.7 Å². The number of rotatable bonds is 5. The Morgan fingerprint density at radius 1 is 1.08 bits per heavy atom. The highest BCUT2D eigenvalue weighted by Crippen LogP contribution is 2.18. The van der Waals surface area contributed by atoms with Gasteiger partial charge in [-0.15, -0.1) is 0 Å². The van der Waals surface area contributed by atoms with E-state index in [1.807, 2.05) is 54.6 Å². The van der Waals surface area contributed by atoms with E-state index in [1.165, 1.54) is 0 Å². The van der Waals surface area contributed by atoms with Crippen LogP contribution in [0.25, 0.3) is 11.0 Å². The predicted molar refractivity (Wildman–Crippen MR) is 91.2 cm³/mol. The van der Waals surface area contributed by atoms with Crippen molar-refractivity contribution in [3.05, 3.63) is 60.2 Å². The second kappa shape index (κ2) is 6.82. The van der Waals surface area contributed by atoms with Crippen molar-refractivity contribution < 1.29 is 9.59 Å². The second-order valence-electron chi connectivity index (χ2n) is 5.33. The lowest BCUT2D eigenvalue weighted by Crippen LogP contribution is -2.35. The third-order valence-electron chi connectivity index (χ3n) is 3.56. The van der Waals surface area contributed by atoms with Gasteiger partial charge in [0, 0.05) is 0 Å². The van der Waals surface area contributed by atoms with Gasteiger partial charge < -0.3 is 16.0 Å². The fourth-order valence-electron chi connectivity index (χ4n) is 2.49. The van der Waals surface area contributed by atoms with Crippen molar-refractivity contribution in [2.24, 2.45) is 5.73 Å². The maximum absolute atomic E-state index is 12.3. The molecule has 0 saturated carbocycles. The molecule has 7 nitrogen and oxygen atoms in total. The maximum atomic E-state index is 12.3. The first kappa shape index (κ1) is 15.5. The van der Waals surface area contributed by atoms with Gasteiger partial charge in [-0.3, -0.25) is 10.1 Å². The van der Waals surface area contributed by atoms with Gasteiger partial charge in [-0.1, -0.05) is 42.5 Å². The molecule has 5 N–H and O–H groups in total. The number of aromatic amines is 1. The van der Waals surface area contributed by atoms with E-state index < -0.39 is 12.1 Å². The fraction of sp³-hybridized carbons (Fsp3) is 0.118. The van der Waals surface area contributed by atoms with Crippen LogP contribution in [0.4, 0.5) is 10.7 Å². The van der Waals surface area contributed by atoms with Crippen LogP contribution in [0.3, 0.4) is 0 Å². The lowest BCUT2D eigenvalue weighted by molar-refractivity contribution is -0.116. The summed E-state index contributed by atoms with van der Waals surface area (Å²) >= 11 is 0. The third kappa shape index (κ3) is 3.70. The molecule has 3 amide bonds. The molecular formula is C17H17N5O2. The molecule has 0 fully saturated rings. The van der Waals surface area contributed by atoms with Crippen LogP contribution < -0.4 is 16.4 Å². The summed E-state index contributed by atoms with van der Waals surface area (Å²) in [4.78, 5) is 30.8. The maximum Gasteiger partial charge on any atom is 0.312 e. The summed E-state index contributed by atoms with van der Waals surface area (Å²) in [7, 11) is 0. The predicted octanol–water partition coefficient (Wildman–Crippen LogP) is 2.30. The van der Waals surface area contributed by atoms with Gasteiger partial charge in [-0.2, -0.15) is 0 Å². The third-order valence-corrected chi connectivity index (χ3v) is 3.56. The summed E-state index contributed by atoms with van der Waals surface area (Å²) in [5.41, 5.74) is 7.61. The fourth-order valence-corrected chi connectivity index (χ4v) is 2.49. The zero-order valence-corrected chi connectivity index (χ0v) is 12.8. The number of nitrogens with two attached hydrogens (primary N) is 1. The standard InChI is InChI=1S/C17H17N5O2/c18-16(24)19-14(11-6-2-1-3-7-11)10-15(23)22-17-20-12-8-4-5-9-13(12)21-17/h1-9,14H,10H2,(H3,18,19,24)(H2,20,21,22,23)/t14-/m0/s1. The number of nitrogens with one attached hydrogen (secondary N) is 3. The molecule has 2 aromatic carbocycles. The number of carbonyl (C=O) groups excluding carboxylic acids is 2. The molecule has 24 heavy (non-hydrogen) atoms. The minimum Gasteiger partial charge on any atom is -0.352 e. The monoisotopic (exact) mass is 323 g/mol. The van der Waals surface area contributed by atoms with Crippen molar-refractivity contribution in [2.45, 2.75) is 12.5 Å². The summed E-state index contributed by atoms with van der Waals surface area (Å²) in [6.07, 6.45) is 0.0456. The summed E-state index contributed by atoms with van der Waals surface area (Å²) in [5.74, 6) is 0.0868. The number of para-hydroxylation sites is 2. The first-order valence-corrected chi connectivity index (χ1v) is 7.47. The van der Waals surface area contributed by atoms with Crippen LogP contribution in [0, 0.1) is 0 Å². The van der Waals surface area contributed by atoms with Crippen molar-refractivity contribution in [3.8, 4) is 0 Å². The number of H-pyrrole nitrogens is 1. The Kier molecular flexibility index (Phi) is 4.42. The van der Waals surface area contributed by atoms with Gasteiger partial charge in [0.2, 0.25) is 11.9 Å². The van der Waals surface area contributed by atoms with E-state index in [0.717, 1.165) is 16.6 Å². The lowest BCUT2D eigenvalue weighted by Gasteiger charge is -2.17. The Bertz CT molecular complexity index is 827. The summed E-state index contributed by atoms with van der Waals surface area (Å²) in [5, 5.41) is 5.29. The zero-order chi connectivity index (χ0) is 16.9. The molecule has 0 aliphatic carbocycles. The highest BCUT2D eigenvalue weighted by atomic mass is 16.2. The lowest BCUT2D eigenvalue weighted by atomic mass is 10.0. The molecule has 0 spiro atoms. The first-order valence-electron chi connectivity index (χ1n) is 7.47. The number of urea groups is 1. The summed E-state index contributed by atoms with van der Waals surface area (Å²) < 4.78 is 0. The van der Waals surface area contributed by atoms with E-state index in [4.69, 9.17) is 5.73 Å². The number of benzene rings is 2. The van der Waals surface area contributed by atoms with Gasteiger partial charge in [-0.25, -0.2) is 9.78 Å². The van der Waals surface area contributed by atoms with Gasteiger partial charge >= 0.3 is 6.03 Å². The topological polar surface area (TPSA) is 113 Å². The Labute approximate surface area is 138 Å². The van der Waals surface area contributed by atoms with Crippen LogP contribution in [-0.2, 0) is 4.79 Å². The number of anilines is 1. The van der Waals surface area contributed by atoms with E-state index in [9.17, 15) is 9.59 Å². The molecular weight excluding hydrogens is 306 g/mol. The number of nitrogens with zero attached hydrogens (tertiary/aromatic N) is 1. The SMILES string of the molecule is NC(=O)N[C@@H](CC(=O)Nc1nc2ccccc2[nH]1)c1ccccc1. The molecule has 1 heterocycles. The molecule has 0 bridgehead atoms. The number of imidazole rings is 1. The highest BCUT2D eigenvalue weighted by Gasteiger charge is 2.18. The van der Waals surface area contributed by atoms with Crippen molar-refractivity contribution in [1.29, 1.82) is 0 Å². The Hall–Kier alpha value is -3.35.